The van der Waals surface area contributed by atoms with E-state index in [1.54, 1.807) is 23.0 Å². The number of H-pyrrole nitrogens is 1. The number of hydrogen-bond acceptors (Lipinski definition) is 3. The van der Waals surface area contributed by atoms with Gasteiger partial charge in [-0.1, -0.05) is 13.8 Å². The van der Waals surface area contributed by atoms with Crippen LogP contribution in [0.3, 0.4) is 0 Å². The molecular weight excluding hydrogens is 308 g/mol. The number of amides is 2. The summed E-state index contributed by atoms with van der Waals surface area (Å²) in [6.45, 7) is 6.15. The Morgan fingerprint density at radius 1 is 1.25 bits per heavy atom. The standard InChI is InChI=1S/C17H24N4O3/c1-13(2)12-24-11-3-9-18-17(23)19-14-4-6-15(7-5-14)21-10-8-16(22)20-21/h4-8,10,13H,3,9,11-12H2,1-2H3,(H,20,22)(H2,18,19,23). The van der Waals surface area contributed by atoms with Gasteiger partial charge in [-0.2, -0.15) is 0 Å². The molecule has 0 unspecified atom stereocenters. The number of hydrogen-bond donors (Lipinski definition) is 3. The minimum Gasteiger partial charge on any atom is -0.381 e. The molecule has 7 nitrogen and oxygen atoms in total. The predicted molar refractivity (Wildman–Crippen MR) is 93.7 cm³/mol. The molecule has 0 saturated heterocycles. The molecule has 2 aromatic rings. The van der Waals surface area contributed by atoms with Crippen LogP contribution in [0.5, 0.6) is 0 Å². The van der Waals surface area contributed by atoms with Gasteiger partial charge in [0.05, 0.1) is 5.69 Å². The molecule has 0 bridgehead atoms. The van der Waals surface area contributed by atoms with Crippen LogP contribution in [0.1, 0.15) is 20.3 Å². The van der Waals surface area contributed by atoms with E-state index in [4.69, 9.17) is 4.74 Å². The zero-order chi connectivity index (χ0) is 17.4. The summed E-state index contributed by atoms with van der Waals surface area (Å²) < 4.78 is 7.07. The molecule has 0 aliphatic heterocycles. The maximum atomic E-state index is 11.8. The number of benzene rings is 1. The van der Waals surface area contributed by atoms with Gasteiger partial charge in [0.2, 0.25) is 0 Å². The summed E-state index contributed by atoms with van der Waals surface area (Å²) >= 11 is 0. The molecule has 0 radical (unpaired) electrons. The lowest BCUT2D eigenvalue weighted by molar-refractivity contribution is 0.108. The molecule has 24 heavy (non-hydrogen) atoms. The van der Waals surface area contributed by atoms with Gasteiger partial charge >= 0.3 is 6.03 Å². The zero-order valence-electron chi connectivity index (χ0n) is 14.0. The average Bonchev–Trinajstić information content (AvgIpc) is 2.97. The second kappa shape index (κ2) is 8.93. The first-order valence-electron chi connectivity index (χ1n) is 8.05. The molecule has 0 spiro atoms. The number of ether oxygens (including phenoxy) is 1. The lowest BCUT2D eigenvalue weighted by Gasteiger charge is -2.09. The number of nitrogens with one attached hydrogen (secondary N) is 3. The molecule has 0 saturated carbocycles. The van der Waals surface area contributed by atoms with Gasteiger partial charge in [0.25, 0.3) is 5.56 Å². The highest BCUT2D eigenvalue weighted by molar-refractivity contribution is 5.89. The summed E-state index contributed by atoms with van der Waals surface area (Å²) in [6.07, 6.45) is 2.43. The topological polar surface area (TPSA) is 88.2 Å². The van der Waals surface area contributed by atoms with E-state index in [9.17, 15) is 9.59 Å². The number of aromatic nitrogens is 2. The van der Waals surface area contributed by atoms with E-state index in [0.717, 1.165) is 18.7 Å². The van der Waals surface area contributed by atoms with Gasteiger partial charge in [-0.15, -0.1) is 0 Å². The van der Waals surface area contributed by atoms with Gasteiger partial charge in [-0.3, -0.25) is 14.6 Å². The van der Waals surface area contributed by atoms with Crippen molar-refractivity contribution < 1.29 is 9.53 Å². The fourth-order valence-corrected chi connectivity index (χ4v) is 2.06. The summed E-state index contributed by atoms with van der Waals surface area (Å²) in [5, 5.41) is 8.20. The molecule has 0 aliphatic carbocycles. The number of carbonyl (C=O) groups is 1. The quantitative estimate of drug-likeness (QED) is 0.648. The van der Waals surface area contributed by atoms with Crippen LogP contribution in [0.2, 0.25) is 0 Å². The molecule has 1 aromatic heterocycles. The number of nitrogens with zero attached hydrogens (tertiary/aromatic N) is 1. The number of urea groups is 1. The molecular formula is C17H24N4O3. The molecule has 7 heteroatoms. The van der Waals surface area contributed by atoms with E-state index < -0.39 is 0 Å². The normalized spacial score (nSPS) is 10.8. The van der Waals surface area contributed by atoms with E-state index in [1.165, 1.54) is 6.07 Å². The van der Waals surface area contributed by atoms with Crippen LogP contribution >= 0.6 is 0 Å². The fourth-order valence-electron chi connectivity index (χ4n) is 2.06. The summed E-state index contributed by atoms with van der Waals surface area (Å²) in [4.78, 5) is 22.9. The first-order chi connectivity index (χ1) is 11.5. The Balaban J connectivity index is 1.71. The second-order valence-corrected chi connectivity index (χ2v) is 5.91. The minimum absolute atomic E-state index is 0.158. The van der Waals surface area contributed by atoms with Crippen LogP contribution in [0.15, 0.2) is 41.3 Å². The maximum Gasteiger partial charge on any atom is 0.319 e. The highest BCUT2D eigenvalue weighted by Gasteiger charge is 2.02. The zero-order valence-corrected chi connectivity index (χ0v) is 14.0. The van der Waals surface area contributed by atoms with Crippen LogP contribution in [0.4, 0.5) is 10.5 Å². The molecule has 0 atom stereocenters. The third kappa shape index (κ3) is 5.92. The van der Waals surface area contributed by atoms with Gasteiger partial charge in [0.1, 0.15) is 0 Å². The molecule has 1 heterocycles. The van der Waals surface area contributed by atoms with Crippen molar-refractivity contribution in [1.29, 1.82) is 0 Å². The molecule has 2 rings (SSSR count). The van der Waals surface area contributed by atoms with Crippen molar-refractivity contribution in [2.45, 2.75) is 20.3 Å². The van der Waals surface area contributed by atoms with Gasteiger partial charge < -0.3 is 15.4 Å². The highest BCUT2D eigenvalue weighted by atomic mass is 16.5. The van der Waals surface area contributed by atoms with Crippen molar-refractivity contribution in [3.8, 4) is 5.69 Å². The summed E-state index contributed by atoms with van der Waals surface area (Å²) in [5.41, 5.74) is 1.33. The van der Waals surface area contributed by atoms with E-state index in [0.29, 0.717) is 24.8 Å². The molecule has 0 fully saturated rings. The maximum absolute atomic E-state index is 11.8. The fraction of sp³-hybridized carbons (Fsp3) is 0.412. The van der Waals surface area contributed by atoms with Crippen LogP contribution in [-0.4, -0.2) is 35.6 Å². The third-order valence-electron chi connectivity index (χ3n) is 3.21. The Kier molecular flexibility index (Phi) is 6.62. The van der Waals surface area contributed by atoms with Crippen LogP contribution in [-0.2, 0) is 4.74 Å². The number of aromatic amines is 1. The van der Waals surface area contributed by atoms with Crippen molar-refractivity contribution >= 4 is 11.7 Å². The smallest absolute Gasteiger partial charge is 0.319 e. The summed E-state index contributed by atoms with van der Waals surface area (Å²) in [7, 11) is 0. The van der Waals surface area contributed by atoms with E-state index in [2.05, 4.69) is 29.6 Å². The van der Waals surface area contributed by atoms with Crippen LogP contribution in [0.25, 0.3) is 5.69 Å². The van der Waals surface area contributed by atoms with Gasteiger partial charge in [-0.25, -0.2) is 4.79 Å². The van der Waals surface area contributed by atoms with Gasteiger partial charge in [0.15, 0.2) is 0 Å². The Hall–Kier alpha value is -2.54. The largest absolute Gasteiger partial charge is 0.381 e. The molecule has 1 aromatic carbocycles. The number of anilines is 1. The van der Waals surface area contributed by atoms with E-state index in [-0.39, 0.29) is 11.6 Å². The Labute approximate surface area is 141 Å². The molecule has 0 aliphatic rings. The molecule has 130 valence electrons. The van der Waals surface area contributed by atoms with E-state index in [1.807, 2.05) is 12.1 Å². The van der Waals surface area contributed by atoms with E-state index >= 15 is 0 Å². The van der Waals surface area contributed by atoms with Crippen molar-refractivity contribution in [2.24, 2.45) is 5.92 Å². The summed E-state index contributed by atoms with van der Waals surface area (Å²) in [6, 6.07) is 8.37. The van der Waals surface area contributed by atoms with Crippen molar-refractivity contribution in [3.63, 3.8) is 0 Å². The Morgan fingerprint density at radius 3 is 2.62 bits per heavy atom. The molecule has 3 N–H and O–H groups in total. The Morgan fingerprint density at radius 2 is 2.00 bits per heavy atom. The Bertz CT molecular complexity index is 688. The lowest BCUT2D eigenvalue weighted by Crippen LogP contribution is -2.30. The monoisotopic (exact) mass is 332 g/mol. The summed E-state index contributed by atoms with van der Waals surface area (Å²) in [5.74, 6) is 0.522. The van der Waals surface area contributed by atoms with Crippen molar-refractivity contribution in [2.75, 3.05) is 25.1 Å². The number of carbonyl (C=O) groups excluding carboxylic acids is 1. The van der Waals surface area contributed by atoms with Crippen LogP contribution < -0.4 is 16.2 Å². The first-order valence-corrected chi connectivity index (χ1v) is 8.05. The SMILES string of the molecule is CC(C)COCCCNC(=O)Nc1ccc(-n2ccc(=O)[nH]2)cc1. The first kappa shape index (κ1) is 17.8. The minimum atomic E-state index is -0.249. The number of rotatable bonds is 8. The average molecular weight is 332 g/mol. The van der Waals surface area contributed by atoms with Crippen molar-refractivity contribution in [1.82, 2.24) is 15.1 Å². The lowest BCUT2D eigenvalue weighted by atomic mass is 10.2. The highest BCUT2D eigenvalue weighted by Crippen LogP contribution is 2.11. The predicted octanol–water partition coefficient (Wildman–Crippen LogP) is 2.35. The van der Waals surface area contributed by atoms with Gasteiger partial charge in [0, 0.05) is 37.7 Å². The third-order valence-corrected chi connectivity index (χ3v) is 3.21. The second-order valence-electron chi connectivity index (χ2n) is 5.91. The van der Waals surface area contributed by atoms with Crippen molar-refractivity contribution in [3.05, 3.63) is 46.9 Å². The molecule has 2 amide bonds. The van der Waals surface area contributed by atoms with Gasteiger partial charge in [-0.05, 0) is 36.6 Å². The van der Waals surface area contributed by atoms with Crippen LogP contribution in [0, 0.1) is 5.92 Å².